The summed E-state index contributed by atoms with van der Waals surface area (Å²) in [5.74, 6) is 0.591. The predicted octanol–water partition coefficient (Wildman–Crippen LogP) is 4.16. The summed E-state index contributed by atoms with van der Waals surface area (Å²) >= 11 is 1.73. The van der Waals surface area contributed by atoms with Crippen LogP contribution in [0.2, 0.25) is 0 Å². The molecule has 102 valence electrons. The van der Waals surface area contributed by atoms with E-state index in [1.165, 1.54) is 16.0 Å². The third-order valence-corrected chi connectivity index (χ3v) is 4.15. The van der Waals surface area contributed by atoms with E-state index in [1.807, 2.05) is 11.7 Å². The van der Waals surface area contributed by atoms with Gasteiger partial charge in [-0.15, -0.1) is 11.3 Å². The van der Waals surface area contributed by atoms with Gasteiger partial charge in [0.1, 0.15) is 0 Å². The van der Waals surface area contributed by atoms with E-state index in [4.69, 9.17) is 0 Å². The second kappa shape index (κ2) is 6.83. The molecule has 0 bridgehead atoms. The molecule has 1 aromatic carbocycles. The number of rotatable bonds is 6. The summed E-state index contributed by atoms with van der Waals surface area (Å²) in [5, 5.41) is 3.56. The van der Waals surface area contributed by atoms with Crippen molar-refractivity contribution in [1.29, 1.82) is 0 Å². The Morgan fingerprint density at radius 1 is 1.16 bits per heavy atom. The molecular weight excluding hydrogens is 252 g/mol. The predicted molar refractivity (Wildman–Crippen MR) is 82.8 cm³/mol. The maximum Gasteiger partial charge on any atom is 0.0794 e. The minimum atomic E-state index is 0.381. The largest absolute Gasteiger partial charge is 0.310 e. The number of hydrogen-bond donors (Lipinski definition) is 1. The third kappa shape index (κ3) is 3.88. The van der Waals surface area contributed by atoms with Gasteiger partial charge in [0.25, 0.3) is 0 Å². The number of aromatic nitrogens is 1. The molecule has 0 aliphatic rings. The molecule has 3 heteroatoms. The van der Waals surface area contributed by atoms with E-state index in [2.05, 4.69) is 55.3 Å². The third-order valence-electron chi connectivity index (χ3n) is 3.34. The van der Waals surface area contributed by atoms with Crippen molar-refractivity contribution < 1.29 is 0 Å². The van der Waals surface area contributed by atoms with E-state index < -0.39 is 0 Å². The quantitative estimate of drug-likeness (QED) is 0.855. The average Bonchev–Trinajstić information content (AvgIpc) is 2.91. The number of hydrogen-bond acceptors (Lipinski definition) is 3. The lowest BCUT2D eigenvalue weighted by atomic mass is 9.97. The first-order valence-electron chi connectivity index (χ1n) is 6.91. The van der Waals surface area contributed by atoms with Crippen LogP contribution in [-0.2, 0) is 6.42 Å². The molecular formula is C16H22N2S. The summed E-state index contributed by atoms with van der Waals surface area (Å²) in [4.78, 5) is 5.49. The highest BCUT2D eigenvalue weighted by Crippen LogP contribution is 2.22. The fourth-order valence-corrected chi connectivity index (χ4v) is 2.85. The SMILES string of the molecule is CCNC(Cc1cncs1)c1ccc(C(C)C)cc1. The molecule has 19 heavy (non-hydrogen) atoms. The van der Waals surface area contributed by atoms with Crippen molar-refractivity contribution >= 4 is 11.3 Å². The molecule has 0 fully saturated rings. The first-order chi connectivity index (χ1) is 9.20. The van der Waals surface area contributed by atoms with E-state index >= 15 is 0 Å². The summed E-state index contributed by atoms with van der Waals surface area (Å²) in [5.41, 5.74) is 4.66. The molecule has 1 atom stereocenters. The Kier molecular flexibility index (Phi) is 5.11. The van der Waals surface area contributed by atoms with Gasteiger partial charge in [-0.25, -0.2) is 0 Å². The summed E-state index contributed by atoms with van der Waals surface area (Å²) < 4.78 is 0. The normalized spacial score (nSPS) is 12.8. The van der Waals surface area contributed by atoms with Gasteiger partial charge < -0.3 is 5.32 Å². The summed E-state index contributed by atoms with van der Waals surface area (Å²) in [6.07, 6.45) is 2.98. The van der Waals surface area contributed by atoms with Crippen LogP contribution >= 0.6 is 11.3 Å². The molecule has 1 N–H and O–H groups in total. The van der Waals surface area contributed by atoms with Crippen LogP contribution in [0.3, 0.4) is 0 Å². The van der Waals surface area contributed by atoms with Gasteiger partial charge in [-0.05, 0) is 23.6 Å². The van der Waals surface area contributed by atoms with Gasteiger partial charge in [0.15, 0.2) is 0 Å². The van der Waals surface area contributed by atoms with Crippen molar-refractivity contribution in [2.24, 2.45) is 0 Å². The van der Waals surface area contributed by atoms with E-state index in [1.54, 1.807) is 11.3 Å². The average molecular weight is 274 g/mol. The Morgan fingerprint density at radius 2 is 1.84 bits per heavy atom. The van der Waals surface area contributed by atoms with Crippen LogP contribution in [0.5, 0.6) is 0 Å². The molecule has 2 rings (SSSR count). The molecule has 0 radical (unpaired) electrons. The second-order valence-electron chi connectivity index (χ2n) is 5.10. The number of benzene rings is 1. The van der Waals surface area contributed by atoms with Crippen LogP contribution in [0.25, 0.3) is 0 Å². The van der Waals surface area contributed by atoms with Crippen LogP contribution in [0.1, 0.15) is 48.7 Å². The van der Waals surface area contributed by atoms with E-state index in [-0.39, 0.29) is 0 Å². The fourth-order valence-electron chi connectivity index (χ4n) is 2.21. The van der Waals surface area contributed by atoms with Crippen molar-refractivity contribution in [3.63, 3.8) is 0 Å². The van der Waals surface area contributed by atoms with E-state index in [0.29, 0.717) is 12.0 Å². The summed E-state index contributed by atoms with van der Waals surface area (Å²) in [6, 6.07) is 9.38. The highest BCUT2D eigenvalue weighted by molar-refractivity contribution is 7.09. The Labute approximate surface area is 119 Å². The van der Waals surface area contributed by atoms with Crippen molar-refractivity contribution in [2.45, 2.75) is 39.2 Å². The lowest BCUT2D eigenvalue weighted by Gasteiger charge is -2.18. The fraction of sp³-hybridized carbons (Fsp3) is 0.438. The van der Waals surface area contributed by atoms with Crippen LogP contribution in [0, 0.1) is 0 Å². The minimum absolute atomic E-state index is 0.381. The number of nitrogens with one attached hydrogen (secondary N) is 1. The van der Waals surface area contributed by atoms with Crippen LogP contribution in [0.15, 0.2) is 36.0 Å². The zero-order valence-corrected chi connectivity index (χ0v) is 12.7. The number of thiazole rings is 1. The van der Waals surface area contributed by atoms with Gasteiger partial charge in [-0.3, -0.25) is 4.98 Å². The van der Waals surface area contributed by atoms with Crippen LogP contribution < -0.4 is 5.32 Å². The maximum atomic E-state index is 4.16. The monoisotopic (exact) mass is 274 g/mol. The van der Waals surface area contributed by atoms with Crippen LogP contribution in [0.4, 0.5) is 0 Å². The van der Waals surface area contributed by atoms with Gasteiger partial charge in [0, 0.05) is 23.5 Å². The van der Waals surface area contributed by atoms with Gasteiger partial charge in [-0.2, -0.15) is 0 Å². The molecule has 0 aliphatic carbocycles. The molecule has 0 saturated carbocycles. The van der Waals surface area contributed by atoms with E-state index in [0.717, 1.165) is 13.0 Å². The summed E-state index contributed by atoms with van der Waals surface area (Å²) in [6.45, 7) is 7.60. The van der Waals surface area contributed by atoms with Gasteiger partial charge in [0.2, 0.25) is 0 Å². The number of nitrogens with zero attached hydrogens (tertiary/aromatic N) is 1. The van der Waals surface area contributed by atoms with Crippen molar-refractivity contribution in [3.8, 4) is 0 Å². The molecule has 1 heterocycles. The zero-order chi connectivity index (χ0) is 13.7. The van der Waals surface area contributed by atoms with Crippen molar-refractivity contribution in [3.05, 3.63) is 52.0 Å². The molecule has 2 nitrogen and oxygen atoms in total. The molecule has 0 spiro atoms. The topological polar surface area (TPSA) is 24.9 Å². The molecule has 0 aliphatic heterocycles. The molecule has 1 unspecified atom stereocenters. The van der Waals surface area contributed by atoms with Gasteiger partial charge >= 0.3 is 0 Å². The van der Waals surface area contributed by atoms with Gasteiger partial charge in [0.05, 0.1) is 5.51 Å². The molecule has 1 aromatic heterocycles. The standard InChI is InChI=1S/C16H22N2S/c1-4-18-16(9-15-10-17-11-19-15)14-7-5-13(6-8-14)12(2)3/h5-8,10-12,16,18H,4,9H2,1-3H3. The summed E-state index contributed by atoms with van der Waals surface area (Å²) in [7, 11) is 0. The second-order valence-corrected chi connectivity index (χ2v) is 6.07. The lowest BCUT2D eigenvalue weighted by Crippen LogP contribution is -2.22. The lowest BCUT2D eigenvalue weighted by molar-refractivity contribution is 0.552. The maximum absolute atomic E-state index is 4.16. The number of likely N-dealkylation sites (N-methyl/N-ethyl adjacent to an activating group) is 1. The Bertz CT molecular complexity index is 474. The molecule has 0 saturated heterocycles. The Balaban J connectivity index is 2.13. The highest BCUT2D eigenvalue weighted by Gasteiger charge is 2.12. The van der Waals surface area contributed by atoms with Crippen LogP contribution in [-0.4, -0.2) is 11.5 Å². The van der Waals surface area contributed by atoms with Crippen molar-refractivity contribution in [1.82, 2.24) is 10.3 Å². The van der Waals surface area contributed by atoms with E-state index in [9.17, 15) is 0 Å². The van der Waals surface area contributed by atoms with Gasteiger partial charge in [-0.1, -0.05) is 45.0 Å². The molecule has 2 aromatic rings. The Hall–Kier alpha value is -1.19. The first kappa shape index (κ1) is 14.2. The Morgan fingerprint density at radius 3 is 2.37 bits per heavy atom. The van der Waals surface area contributed by atoms with Crippen molar-refractivity contribution in [2.75, 3.05) is 6.54 Å². The smallest absolute Gasteiger partial charge is 0.0794 e. The first-order valence-corrected chi connectivity index (χ1v) is 7.79. The minimum Gasteiger partial charge on any atom is -0.310 e. The highest BCUT2D eigenvalue weighted by atomic mass is 32.1. The zero-order valence-electron chi connectivity index (χ0n) is 11.9. The molecule has 0 amide bonds.